The third-order valence-electron chi connectivity index (χ3n) is 2.64. The lowest BCUT2D eigenvalue weighted by molar-refractivity contribution is 0.0988. The lowest BCUT2D eigenvalue weighted by Gasteiger charge is -2.07. The van der Waals surface area contributed by atoms with Crippen LogP contribution in [-0.2, 0) is 0 Å². The lowest BCUT2D eigenvalue weighted by Crippen LogP contribution is -1.98. The maximum atomic E-state index is 11.7. The number of carbonyl (C=O) groups is 1. The van der Waals surface area contributed by atoms with Crippen molar-refractivity contribution in [1.29, 1.82) is 0 Å². The molecule has 1 aromatic heterocycles. The van der Waals surface area contributed by atoms with Gasteiger partial charge in [0.15, 0.2) is 5.78 Å². The Morgan fingerprint density at radius 2 is 2.06 bits per heavy atom. The third-order valence-corrected chi connectivity index (χ3v) is 2.64. The van der Waals surface area contributed by atoms with E-state index in [1.807, 2.05) is 25.1 Å². The third kappa shape index (κ3) is 2.37. The molecule has 2 rings (SSSR count). The quantitative estimate of drug-likeness (QED) is 0.773. The molecule has 0 fully saturated rings. The maximum Gasteiger partial charge on any atom is 0.240 e. The van der Waals surface area contributed by atoms with Gasteiger partial charge in [0.05, 0.1) is 7.11 Å². The molecule has 18 heavy (non-hydrogen) atoms. The molecule has 1 heterocycles. The zero-order valence-electron chi connectivity index (χ0n) is 10.4. The Morgan fingerprint density at radius 1 is 1.28 bits per heavy atom. The van der Waals surface area contributed by atoms with E-state index < -0.39 is 0 Å². The minimum Gasteiger partial charge on any atom is -0.479 e. The molecule has 0 aliphatic rings. The van der Waals surface area contributed by atoms with E-state index in [2.05, 4.69) is 9.97 Å². The van der Waals surface area contributed by atoms with Crippen molar-refractivity contribution in [2.75, 3.05) is 7.11 Å². The van der Waals surface area contributed by atoms with Gasteiger partial charge in [-0.3, -0.25) is 4.79 Å². The molecule has 0 unspecified atom stereocenters. The van der Waals surface area contributed by atoms with Gasteiger partial charge in [0, 0.05) is 29.9 Å². The molecule has 0 saturated heterocycles. The van der Waals surface area contributed by atoms with Gasteiger partial charge in [-0.2, -0.15) is 0 Å². The second kappa shape index (κ2) is 5.40. The van der Waals surface area contributed by atoms with Crippen molar-refractivity contribution >= 4 is 5.78 Å². The van der Waals surface area contributed by atoms with Crippen LogP contribution < -0.4 is 4.74 Å². The van der Waals surface area contributed by atoms with Crippen LogP contribution in [0.3, 0.4) is 0 Å². The molecule has 92 valence electrons. The summed E-state index contributed by atoms with van der Waals surface area (Å²) in [5, 5.41) is 0. The molecular formula is C14H14N2O2. The number of ether oxygens (including phenoxy) is 1. The first-order valence-corrected chi connectivity index (χ1v) is 5.75. The summed E-state index contributed by atoms with van der Waals surface area (Å²) < 4.78 is 5.17. The highest BCUT2D eigenvalue weighted by Crippen LogP contribution is 2.25. The van der Waals surface area contributed by atoms with Gasteiger partial charge in [0.25, 0.3) is 0 Å². The number of hydrogen-bond acceptors (Lipinski definition) is 4. The predicted octanol–water partition coefficient (Wildman–Crippen LogP) is 2.74. The van der Waals surface area contributed by atoms with E-state index >= 15 is 0 Å². The number of aromatic nitrogens is 2. The molecule has 0 aliphatic heterocycles. The Labute approximate surface area is 106 Å². The SMILES string of the molecule is CCC(=O)c1cccc(-c2nccnc2OC)c1. The Morgan fingerprint density at radius 3 is 2.78 bits per heavy atom. The minimum atomic E-state index is 0.111. The number of rotatable bonds is 4. The van der Waals surface area contributed by atoms with E-state index in [0.29, 0.717) is 23.6 Å². The molecule has 0 bridgehead atoms. The van der Waals surface area contributed by atoms with Gasteiger partial charge in [-0.15, -0.1) is 0 Å². The Bertz CT molecular complexity index is 567. The van der Waals surface area contributed by atoms with E-state index in [1.54, 1.807) is 25.6 Å². The molecular weight excluding hydrogens is 228 g/mol. The normalized spacial score (nSPS) is 10.1. The molecule has 0 radical (unpaired) electrons. The van der Waals surface area contributed by atoms with Crippen LogP contribution in [0.2, 0.25) is 0 Å². The van der Waals surface area contributed by atoms with Crippen LogP contribution in [0.5, 0.6) is 5.88 Å². The van der Waals surface area contributed by atoms with Crippen molar-refractivity contribution in [3.63, 3.8) is 0 Å². The van der Waals surface area contributed by atoms with Gasteiger partial charge in [-0.25, -0.2) is 9.97 Å². The van der Waals surface area contributed by atoms with Crippen LogP contribution in [0.15, 0.2) is 36.7 Å². The molecule has 0 atom stereocenters. The molecule has 0 amide bonds. The first kappa shape index (κ1) is 12.2. The molecule has 0 spiro atoms. The van der Waals surface area contributed by atoms with E-state index in [4.69, 9.17) is 4.74 Å². The smallest absolute Gasteiger partial charge is 0.240 e. The van der Waals surface area contributed by atoms with Gasteiger partial charge in [-0.05, 0) is 6.07 Å². The van der Waals surface area contributed by atoms with Crippen LogP contribution in [0.25, 0.3) is 11.3 Å². The molecule has 0 N–H and O–H groups in total. The number of methoxy groups -OCH3 is 1. The van der Waals surface area contributed by atoms with Gasteiger partial charge in [0.1, 0.15) is 5.69 Å². The summed E-state index contributed by atoms with van der Waals surface area (Å²) in [7, 11) is 1.55. The average Bonchev–Trinajstić information content (AvgIpc) is 2.46. The summed E-state index contributed by atoms with van der Waals surface area (Å²) in [6, 6.07) is 7.35. The van der Waals surface area contributed by atoms with Crippen molar-refractivity contribution in [2.45, 2.75) is 13.3 Å². The summed E-state index contributed by atoms with van der Waals surface area (Å²) >= 11 is 0. The molecule has 0 aliphatic carbocycles. The first-order valence-electron chi connectivity index (χ1n) is 5.75. The lowest BCUT2D eigenvalue weighted by atomic mass is 10.0. The number of Topliss-reactive ketones (excluding diaryl/α,β-unsaturated/α-hetero) is 1. The van der Waals surface area contributed by atoms with E-state index in [-0.39, 0.29) is 5.78 Å². The topological polar surface area (TPSA) is 52.1 Å². The largest absolute Gasteiger partial charge is 0.479 e. The van der Waals surface area contributed by atoms with Gasteiger partial charge in [-0.1, -0.05) is 25.1 Å². The highest BCUT2D eigenvalue weighted by Gasteiger charge is 2.10. The van der Waals surface area contributed by atoms with Crippen LogP contribution >= 0.6 is 0 Å². The van der Waals surface area contributed by atoms with Crippen molar-refractivity contribution in [1.82, 2.24) is 9.97 Å². The highest BCUT2D eigenvalue weighted by molar-refractivity contribution is 5.96. The molecule has 1 aromatic carbocycles. The summed E-state index contributed by atoms with van der Waals surface area (Å²) in [4.78, 5) is 20.0. The number of nitrogens with zero attached hydrogens (tertiary/aromatic N) is 2. The van der Waals surface area contributed by atoms with Gasteiger partial charge in [0.2, 0.25) is 5.88 Å². The fourth-order valence-electron chi connectivity index (χ4n) is 1.72. The Kier molecular flexibility index (Phi) is 3.67. The van der Waals surface area contributed by atoms with Crippen molar-refractivity contribution in [3.05, 3.63) is 42.2 Å². The molecule has 0 saturated carbocycles. The van der Waals surface area contributed by atoms with E-state index in [0.717, 1.165) is 5.56 Å². The van der Waals surface area contributed by atoms with Crippen molar-refractivity contribution in [2.24, 2.45) is 0 Å². The summed E-state index contributed by atoms with van der Waals surface area (Å²) in [5.74, 6) is 0.568. The first-order chi connectivity index (χ1) is 8.76. The highest BCUT2D eigenvalue weighted by atomic mass is 16.5. The fourth-order valence-corrected chi connectivity index (χ4v) is 1.72. The number of ketones is 1. The van der Waals surface area contributed by atoms with Gasteiger partial charge >= 0.3 is 0 Å². The van der Waals surface area contributed by atoms with Gasteiger partial charge < -0.3 is 4.74 Å². The zero-order chi connectivity index (χ0) is 13.0. The number of benzene rings is 1. The molecule has 4 heteroatoms. The average molecular weight is 242 g/mol. The summed E-state index contributed by atoms with van der Waals surface area (Å²) in [6.45, 7) is 1.85. The number of carbonyl (C=O) groups excluding carboxylic acids is 1. The minimum absolute atomic E-state index is 0.111. The summed E-state index contributed by atoms with van der Waals surface area (Å²) in [5.41, 5.74) is 2.16. The van der Waals surface area contributed by atoms with Crippen molar-refractivity contribution < 1.29 is 9.53 Å². The Balaban J connectivity index is 2.48. The van der Waals surface area contributed by atoms with Crippen molar-refractivity contribution in [3.8, 4) is 17.1 Å². The van der Waals surface area contributed by atoms with Crippen LogP contribution in [0.4, 0.5) is 0 Å². The molecule has 4 nitrogen and oxygen atoms in total. The van der Waals surface area contributed by atoms with Crippen LogP contribution in [0, 0.1) is 0 Å². The molecule has 2 aromatic rings. The number of hydrogen-bond donors (Lipinski definition) is 0. The summed E-state index contributed by atoms with van der Waals surface area (Å²) in [6.07, 6.45) is 3.66. The zero-order valence-corrected chi connectivity index (χ0v) is 10.4. The maximum absolute atomic E-state index is 11.7. The fraction of sp³-hybridized carbons (Fsp3) is 0.214. The van der Waals surface area contributed by atoms with Crippen LogP contribution in [0.1, 0.15) is 23.7 Å². The Hall–Kier alpha value is -2.23. The van der Waals surface area contributed by atoms with Crippen LogP contribution in [-0.4, -0.2) is 22.9 Å². The second-order valence-corrected chi connectivity index (χ2v) is 3.77. The van der Waals surface area contributed by atoms with E-state index in [1.165, 1.54) is 0 Å². The monoisotopic (exact) mass is 242 g/mol. The predicted molar refractivity (Wildman–Crippen MR) is 68.6 cm³/mol. The standard InChI is InChI=1S/C14H14N2O2/c1-3-12(17)10-5-4-6-11(9-10)13-14(18-2)16-8-7-15-13/h4-9H,3H2,1-2H3. The van der Waals surface area contributed by atoms with E-state index in [9.17, 15) is 4.79 Å². The second-order valence-electron chi connectivity index (χ2n) is 3.77.